The maximum Gasteiger partial charge on any atom is 0.329 e. The summed E-state index contributed by atoms with van der Waals surface area (Å²) in [6.45, 7) is 0.121. The van der Waals surface area contributed by atoms with Crippen LogP contribution in [0.25, 0.3) is 11.2 Å². The lowest BCUT2D eigenvalue weighted by molar-refractivity contribution is -0.116. The minimum atomic E-state index is -0.566. The molecular formula is C23H20N6O6. The number of ether oxygens (including phenoxy) is 2. The number of carbonyl (C=O) groups excluding carboxylic acids is 2. The SMILES string of the molecule is Cn1c(=O)[nH]c(=O)c2[nH]c(CCC(=O)Nc3cccc(NC(=O)c4ccc5c(c4)OCO5)c3)nc21. The van der Waals surface area contributed by atoms with Gasteiger partial charge in [-0.25, -0.2) is 9.78 Å². The first-order valence-electron chi connectivity index (χ1n) is 10.7. The van der Waals surface area contributed by atoms with Crippen LogP contribution in [0.2, 0.25) is 0 Å². The number of fused-ring (bicyclic) bond motifs is 2. The Hall–Kier alpha value is -4.87. The molecule has 0 saturated carbocycles. The number of H-pyrrole nitrogens is 2. The van der Waals surface area contributed by atoms with Gasteiger partial charge in [-0.15, -0.1) is 0 Å². The van der Waals surface area contributed by atoms with Gasteiger partial charge in [-0.1, -0.05) is 6.07 Å². The number of imidazole rings is 1. The predicted molar refractivity (Wildman–Crippen MR) is 126 cm³/mol. The van der Waals surface area contributed by atoms with Crippen LogP contribution in [0.1, 0.15) is 22.6 Å². The molecule has 1 aliphatic rings. The third-order valence-corrected chi connectivity index (χ3v) is 5.43. The Bertz CT molecular complexity index is 1580. The summed E-state index contributed by atoms with van der Waals surface area (Å²) in [6.07, 6.45) is 0.314. The molecule has 2 aromatic carbocycles. The number of hydrogen-bond donors (Lipinski definition) is 4. The Kier molecular flexibility index (Phi) is 5.53. The van der Waals surface area contributed by atoms with Gasteiger partial charge in [-0.2, -0.15) is 0 Å². The van der Waals surface area contributed by atoms with Crippen LogP contribution in [0, 0.1) is 0 Å². The largest absolute Gasteiger partial charge is 0.454 e. The third-order valence-electron chi connectivity index (χ3n) is 5.43. The normalized spacial score (nSPS) is 12.0. The second kappa shape index (κ2) is 8.82. The van der Waals surface area contributed by atoms with E-state index >= 15 is 0 Å². The van der Waals surface area contributed by atoms with Gasteiger partial charge in [0.15, 0.2) is 17.1 Å². The van der Waals surface area contributed by atoms with E-state index in [2.05, 4.69) is 25.6 Å². The van der Waals surface area contributed by atoms with Crippen LogP contribution in [0.4, 0.5) is 11.4 Å². The summed E-state index contributed by atoms with van der Waals surface area (Å²) in [5, 5.41) is 5.56. The van der Waals surface area contributed by atoms with Crippen molar-refractivity contribution < 1.29 is 19.1 Å². The number of benzene rings is 2. The Labute approximate surface area is 196 Å². The van der Waals surface area contributed by atoms with Crippen LogP contribution in [0.5, 0.6) is 11.5 Å². The van der Waals surface area contributed by atoms with E-state index in [0.717, 1.165) is 0 Å². The molecule has 0 aliphatic carbocycles. The highest BCUT2D eigenvalue weighted by Crippen LogP contribution is 2.32. The van der Waals surface area contributed by atoms with E-state index in [9.17, 15) is 19.2 Å². The fourth-order valence-corrected chi connectivity index (χ4v) is 3.64. The molecule has 4 aromatic rings. The van der Waals surface area contributed by atoms with Crippen molar-refractivity contribution in [2.75, 3.05) is 17.4 Å². The lowest BCUT2D eigenvalue weighted by Crippen LogP contribution is -2.28. The molecule has 0 bridgehead atoms. The van der Waals surface area contributed by atoms with E-state index in [1.807, 2.05) is 0 Å². The highest BCUT2D eigenvalue weighted by atomic mass is 16.7. The van der Waals surface area contributed by atoms with Crippen LogP contribution in [0.3, 0.4) is 0 Å². The van der Waals surface area contributed by atoms with E-state index in [0.29, 0.717) is 34.3 Å². The molecule has 35 heavy (non-hydrogen) atoms. The van der Waals surface area contributed by atoms with Crippen molar-refractivity contribution >= 4 is 34.4 Å². The second-order valence-electron chi connectivity index (χ2n) is 7.85. The van der Waals surface area contributed by atoms with Gasteiger partial charge in [0.05, 0.1) is 0 Å². The number of nitrogens with one attached hydrogen (secondary N) is 4. The first-order chi connectivity index (χ1) is 16.9. The highest BCUT2D eigenvalue weighted by molar-refractivity contribution is 6.05. The number of amides is 2. The van der Waals surface area contributed by atoms with E-state index in [1.165, 1.54) is 11.6 Å². The average Bonchev–Trinajstić information content (AvgIpc) is 3.48. The number of aromatic amines is 2. The monoisotopic (exact) mass is 476 g/mol. The maximum atomic E-state index is 12.6. The molecule has 0 unspecified atom stereocenters. The Morgan fingerprint density at radius 1 is 1.03 bits per heavy atom. The first-order valence-corrected chi connectivity index (χ1v) is 10.7. The maximum absolute atomic E-state index is 12.6. The Morgan fingerprint density at radius 3 is 2.63 bits per heavy atom. The van der Waals surface area contributed by atoms with Gasteiger partial charge >= 0.3 is 5.69 Å². The number of aryl methyl sites for hydroxylation is 2. The number of anilines is 2. The van der Waals surface area contributed by atoms with E-state index < -0.39 is 11.2 Å². The highest BCUT2D eigenvalue weighted by Gasteiger charge is 2.17. The fraction of sp³-hybridized carbons (Fsp3) is 0.174. The van der Waals surface area contributed by atoms with Crippen molar-refractivity contribution in [3.8, 4) is 11.5 Å². The van der Waals surface area contributed by atoms with Crippen molar-refractivity contribution in [3.63, 3.8) is 0 Å². The van der Waals surface area contributed by atoms with Gasteiger partial charge in [-0.3, -0.25) is 23.9 Å². The molecule has 1 aliphatic heterocycles. The molecular weight excluding hydrogens is 456 g/mol. The van der Waals surface area contributed by atoms with Gasteiger partial charge in [0.2, 0.25) is 12.7 Å². The van der Waals surface area contributed by atoms with Crippen LogP contribution in [0.15, 0.2) is 52.1 Å². The predicted octanol–water partition coefficient (Wildman–Crippen LogP) is 1.50. The number of carbonyl (C=O) groups is 2. The Balaban J connectivity index is 1.21. The number of nitrogens with zero attached hydrogens (tertiary/aromatic N) is 2. The molecule has 5 rings (SSSR count). The van der Waals surface area contributed by atoms with Gasteiger partial charge in [-0.05, 0) is 36.4 Å². The second-order valence-corrected chi connectivity index (χ2v) is 7.85. The average molecular weight is 476 g/mol. The summed E-state index contributed by atoms with van der Waals surface area (Å²) in [5.74, 6) is 0.889. The van der Waals surface area contributed by atoms with Gasteiger partial charge in [0.25, 0.3) is 11.5 Å². The summed E-state index contributed by atoms with van der Waals surface area (Å²) in [6, 6.07) is 11.7. The number of aromatic nitrogens is 4. The number of rotatable bonds is 6. The summed E-state index contributed by atoms with van der Waals surface area (Å²) >= 11 is 0. The summed E-state index contributed by atoms with van der Waals surface area (Å²) < 4.78 is 11.8. The molecule has 0 spiro atoms. The van der Waals surface area contributed by atoms with Crippen molar-refractivity contribution in [2.45, 2.75) is 12.8 Å². The van der Waals surface area contributed by atoms with Gasteiger partial charge in [0, 0.05) is 36.8 Å². The zero-order valence-corrected chi connectivity index (χ0v) is 18.5. The van der Waals surface area contributed by atoms with E-state index in [-0.39, 0.29) is 42.6 Å². The molecule has 2 amide bonds. The third kappa shape index (κ3) is 4.49. The zero-order chi connectivity index (χ0) is 24.5. The molecule has 12 nitrogen and oxygen atoms in total. The van der Waals surface area contributed by atoms with E-state index in [4.69, 9.17) is 9.47 Å². The van der Waals surface area contributed by atoms with Crippen LogP contribution >= 0.6 is 0 Å². The molecule has 0 atom stereocenters. The van der Waals surface area contributed by atoms with Crippen molar-refractivity contribution in [1.82, 2.24) is 19.5 Å². The van der Waals surface area contributed by atoms with Crippen LogP contribution < -0.4 is 31.4 Å². The number of hydrogen-bond acceptors (Lipinski definition) is 7. The molecule has 0 radical (unpaired) electrons. The minimum Gasteiger partial charge on any atom is -0.454 e. The molecule has 4 N–H and O–H groups in total. The minimum absolute atomic E-state index is 0.0828. The smallest absolute Gasteiger partial charge is 0.329 e. The van der Waals surface area contributed by atoms with Crippen molar-refractivity contribution in [1.29, 1.82) is 0 Å². The molecule has 178 valence electrons. The first kappa shape index (κ1) is 21.9. The topological polar surface area (TPSA) is 160 Å². The standard InChI is InChI=1S/C23H20N6O6/c1-29-20-19(22(32)28-23(29)33)26-17(27-20)7-8-18(30)24-13-3-2-4-14(10-13)25-21(31)12-5-6-15-16(9-12)35-11-34-15/h2-6,9-10H,7-8,11H2,1H3,(H,24,30)(H,25,31)(H,26,27)(H,28,32,33). The molecule has 3 heterocycles. The summed E-state index contributed by atoms with van der Waals surface area (Å²) in [4.78, 5) is 58.0. The summed E-state index contributed by atoms with van der Waals surface area (Å²) in [7, 11) is 1.50. The van der Waals surface area contributed by atoms with Crippen molar-refractivity contribution in [2.24, 2.45) is 7.05 Å². The fourth-order valence-electron chi connectivity index (χ4n) is 3.64. The molecule has 0 saturated heterocycles. The molecule has 12 heteroatoms. The lowest BCUT2D eigenvalue weighted by Gasteiger charge is -2.09. The zero-order valence-electron chi connectivity index (χ0n) is 18.5. The Morgan fingerprint density at radius 2 is 1.80 bits per heavy atom. The quantitative estimate of drug-likeness (QED) is 0.328. The van der Waals surface area contributed by atoms with Crippen LogP contribution in [-0.2, 0) is 18.3 Å². The molecule has 0 fully saturated rings. The van der Waals surface area contributed by atoms with Crippen molar-refractivity contribution in [3.05, 3.63) is 74.7 Å². The van der Waals surface area contributed by atoms with E-state index in [1.54, 1.807) is 42.5 Å². The van der Waals surface area contributed by atoms with Gasteiger partial charge < -0.3 is 25.1 Å². The lowest BCUT2D eigenvalue weighted by atomic mass is 10.2. The summed E-state index contributed by atoms with van der Waals surface area (Å²) in [5.41, 5.74) is 0.679. The van der Waals surface area contributed by atoms with Gasteiger partial charge in [0.1, 0.15) is 11.3 Å². The molecule has 2 aromatic heterocycles. The van der Waals surface area contributed by atoms with Crippen LogP contribution in [-0.4, -0.2) is 38.1 Å².